The van der Waals surface area contributed by atoms with Gasteiger partial charge in [0.2, 0.25) is 0 Å². The molecule has 0 radical (unpaired) electrons. The van der Waals surface area contributed by atoms with Crippen LogP contribution in [0.5, 0.6) is 0 Å². The molecule has 40 valence electrons. The van der Waals surface area contributed by atoms with Crippen molar-refractivity contribution in [3.05, 3.63) is 0 Å². The van der Waals surface area contributed by atoms with Crippen LogP contribution in [0.15, 0.2) is 0 Å². The van der Waals surface area contributed by atoms with Crippen molar-refractivity contribution >= 4 is 66.8 Å². The van der Waals surface area contributed by atoms with Crippen molar-refractivity contribution in [2.45, 2.75) is 0 Å². The maximum absolute atomic E-state index is 8.52. The van der Waals surface area contributed by atoms with Gasteiger partial charge < -0.3 is 9.11 Å². The number of hydrogen-bond acceptors (Lipinski definition) is 4. The maximum Gasteiger partial charge on any atom is 2.00 e. The molecule has 0 saturated carbocycles. The van der Waals surface area contributed by atoms with Gasteiger partial charge in [0.1, 0.15) is 0 Å². The van der Waals surface area contributed by atoms with Gasteiger partial charge in [-0.25, -0.2) is 0 Å². The van der Waals surface area contributed by atoms with Gasteiger partial charge in [0.05, 0.1) is 0 Å². The number of hydrogen-bond donors (Lipinski definition) is 0. The average Bonchev–Trinajstić information content (AvgIpc) is 0.722. The van der Waals surface area contributed by atoms with Crippen LogP contribution in [0.3, 0.4) is 0 Å². The second kappa shape index (κ2) is 5.70. The van der Waals surface area contributed by atoms with Crippen molar-refractivity contribution in [3.63, 3.8) is 0 Å². The van der Waals surface area contributed by atoms with E-state index in [9.17, 15) is 0 Å². The van der Waals surface area contributed by atoms with E-state index in [4.69, 9.17) is 17.5 Å². The molecule has 0 aliphatic heterocycles. The third-order valence-electron chi connectivity index (χ3n) is 0. The molecule has 0 aromatic carbocycles. The second-order valence-corrected chi connectivity index (χ2v) is 1.22. The summed E-state index contributed by atoms with van der Waals surface area (Å²) in [6.45, 7) is 0. The summed E-state index contributed by atoms with van der Waals surface area (Å²) in [7, 11) is -5.17. The minimum atomic E-state index is -5.17. The monoisotopic (exact) mass is 216 g/mol. The van der Waals surface area contributed by atoms with E-state index in [-0.39, 0.29) is 56.4 Å². The summed E-state index contributed by atoms with van der Waals surface area (Å²) in [5.41, 5.74) is 0. The molecule has 0 rings (SSSR count). The van der Waals surface area contributed by atoms with Gasteiger partial charge in [-0.3, -0.25) is 8.42 Å². The largest absolute Gasteiger partial charge is 2.00 e. The van der Waals surface area contributed by atoms with Gasteiger partial charge in [-0.15, -0.1) is 0 Å². The minimum absolute atomic E-state index is 0. The van der Waals surface area contributed by atoms with Crippen molar-refractivity contribution < 1.29 is 17.5 Å². The van der Waals surface area contributed by atoms with E-state index >= 15 is 0 Å². The summed E-state index contributed by atoms with van der Waals surface area (Å²) in [5, 5.41) is 0. The Balaban J connectivity index is -0.0000000800. The molecular weight excluding hydrogens is 212 g/mol. The molecule has 0 amide bonds. The van der Waals surface area contributed by atoms with Crippen LogP contribution in [0, 0.1) is 0 Å². The third kappa shape index (κ3) is 95.5. The third-order valence-corrected chi connectivity index (χ3v) is 0. The first-order valence-electron chi connectivity index (χ1n) is 0.667. The average molecular weight is 216 g/mol. The molecule has 0 saturated heterocycles. The fourth-order valence-corrected chi connectivity index (χ4v) is 0. The first kappa shape index (κ1) is 15.8. The first-order chi connectivity index (χ1) is 2.00. The van der Waals surface area contributed by atoms with Crippen LogP contribution in [0.25, 0.3) is 0 Å². The normalized spacial score (nSPS) is 8.29. The molecule has 0 aromatic heterocycles. The van der Waals surface area contributed by atoms with E-state index < -0.39 is 10.4 Å². The predicted octanol–water partition coefficient (Wildman–Crippen LogP) is -3.17. The second-order valence-electron chi connectivity index (χ2n) is 0.408. The van der Waals surface area contributed by atoms with Gasteiger partial charge in [-0.05, 0) is 11.0 Å². The van der Waals surface area contributed by atoms with E-state index in [0.29, 0.717) is 0 Å². The Morgan fingerprint density at radius 3 is 1.14 bits per heavy atom. The van der Waals surface area contributed by atoms with Crippen LogP contribution in [-0.4, -0.2) is 74.0 Å². The van der Waals surface area contributed by atoms with Crippen LogP contribution in [0.2, 0.25) is 0 Å². The Bertz CT molecular complexity index is 94.9. The minimum Gasteiger partial charge on any atom is -0.759 e. The first-order valence-corrected chi connectivity index (χ1v) is 2.00. The zero-order valence-electron chi connectivity index (χ0n) is 2.75. The molecule has 4 nitrogen and oxygen atoms in total. The van der Waals surface area contributed by atoms with Crippen LogP contribution >= 0.6 is 0 Å². The van der Waals surface area contributed by atoms with Gasteiger partial charge in [0, 0.05) is 10.4 Å². The number of rotatable bonds is 0. The molecule has 0 bridgehead atoms. The molecule has 0 spiro atoms. The summed E-state index contributed by atoms with van der Waals surface area (Å²) in [5.74, 6) is 0. The fraction of sp³-hybridized carbons (Fsp3) is 0. The molecule has 7 heteroatoms. The Morgan fingerprint density at radius 2 is 1.14 bits per heavy atom. The zero-order valence-corrected chi connectivity index (χ0v) is 7.04. The summed E-state index contributed by atoms with van der Waals surface area (Å²) < 4.78 is 34.1. The van der Waals surface area contributed by atoms with E-state index in [1.807, 2.05) is 0 Å². The molecule has 0 fully saturated rings. The molecule has 7 heavy (non-hydrogen) atoms. The Morgan fingerprint density at radius 1 is 1.14 bits per heavy atom. The molecular formula is H4O4SSiSr. The van der Waals surface area contributed by atoms with Gasteiger partial charge in [0.15, 0.2) is 0 Å². The van der Waals surface area contributed by atoms with E-state index in [1.165, 1.54) is 0 Å². The standard InChI is InChI=1S/H2O4S.H4Si.Sr/c1-5(2,3)4;;/h(H2,1,2,3,4);1H4;/q;;+2/p-2. The van der Waals surface area contributed by atoms with Crippen LogP contribution in [0.1, 0.15) is 0 Å². The zero-order chi connectivity index (χ0) is 4.50. The fourth-order valence-electron chi connectivity index (χ4n) is 0. The van der Waals surface area contributed by atoms with Crippen molar-refractivity contribution in [3.8, 4) is 0 Å². The maximum atomic E-state index is 8.52. The SMILES string of the molecule is O=S(=O)([O-])[O-].[SiH4].[Sr+2]. The molecule has 0 unspecified atom stereocenters. The summed E-state index contributed by atoms with van der Waals surface area (Å²) in [6, 6.07) is 0. The Labute approximate surface area is 83.2 Å². The summed E-state index contributed by atoms with van der Waals surface area (Å²) >= 11 is 0. The van der Waals surface area contributed by atoms with Crippen molar-refractivity contribution in [1.82, 2.24) is 0 Å². The van der Waals surface area contributed by atoms with Crippen LogP contribution < -0.4 is 0 Å². The molecule has 0 aliphatic rings. The van der Waals surface area contributed by atoms with E-state index in [0.717, 1.165) is 0 Å². The van der Waals surface area contributed by atoms with E-state index in [1.54, 1.807) is 0 Å². The molecule has 0 atom stereocenters. The molecule has 0 N–H and O–H groups in total. The topological polar surface area (TPSA) is 80.3 Å². The van der Waals surface area contributed by atoms with Gasteiger partial charge in [-0.1, -0.05) is 0 Å². The predicted molar refractivity (Wildman–Crippen MR) is 27.6 cm³/mol. The van der Waals surface area contributed by atoms with Crippen LogP contribution in [-0.2, 0) is 10.4 Å². The molecule has 0 aliphatic carbocycles. The van der Waals surface area contributed by atoms with Gasteiger partial charge in [0.25, 0.3) is 0 Å². The smallest absolute Gasteiger partial charge is 0.759 e. The van der Waals surface area contributed by atoms with Crippen molar-refractivity contribution in [1.29, 1.82) is 0 Å². The summed E-state index contributed by atoms with van der Waals surface area (Å²) in [6.07, 6.45) is 0. The molecule has 0 aromatic rings. The molecule has 0 heterocycles. The Hall–Kier alpha value is 1.57. The quantitative estimate of drug-likeness (QED) is 0.243. The summed E-state index contributed by atoms with van der Waals surface area (Å²) in [4.78, 5) is 0. The van der Waals surface area contributed by atoms with Gasteiger partial charge >= 0.3 is 45.5 Å². The Kier molecular flexibility index (Phi) is 12.9. The van der Waals surface area contributed by atoms with Crippen molar-refractivity contribution in [2.24, 2.45) is 0 Å². The van der Waals surface area contributed by atoms with Gasteiger partial charge in [-0.2, -0.15) is 0 Å². The van der Waals surface area contributed by atoms with Crippen LogP contribution in [0.4, 0.5) is 0 Å². The van der Waals surface area contributed by atoms with E-state index in [2.05, 4.69) is 0 Å². The van der Waals surface area contributed by atoms with Crippen molar-refractivity contribution in [2.75, 3.05) is 0 Å².